The Kier molecular flexibility index (Phi) is 13.0. The van der Waals surface area contributed by atoms with Gasteiger partial charge in [0.05, 0.1) is 25.3 Å². The molecule has 1 rings (SSSR count). The lowest BCUT2D eigenvalue weighted by Gasteiger charge is -2.30. The van der Waals surface area contributed by atoms with E-state index < -0.39 is 17.9 Å². The molecule has 1 radical (unpaired) electrons. The summed E-state index contributed by atoms with van der Waals surface area (Å²) in [5.74, 6) is -2.83. The van der Waals surface area contributed by atoms with E-state index in [2.05, 4.69) is 0 Å². The van der Waals surface area contributed by atoms with Gasteiger partial charge in [-0.05, 0) is 19.4 Å². The van der Waals surface area contributed by atoms with Crippen molar-refractivity contribution in [2.45, 2.75) is 19.7 Å². The zero-order valence-electron chi connectivity index (χ0n) is 18.2. The maximum atomic E-state index is 11.9. The topological polar surface area (TPSA) is 142 Å². The van der Waals surface area contributed by atoms with Crippen molar-refractivity contribution in [1.82, 2.24) is 19.6 Å². The van der Waals surface area contributed by atoms with E-state index in [0.717, 1.165) is 0 Å². The molecule has 1 aliphatic heterocycles. The predicted molar refractivity (Wildman–Crippen MR) is 115 cm³/mol. The van der Waals surface area contributed by atoms with Crippen LogP contribution in [-0.4, -0.2) is 144 Å². The van der Waals surface area contributed by atoms with Gasteiger partial charge in [-0.3, -0.25) is 34.0 Å². The summed E-state index contributed by atoms with van der Waals surface area (Å²) in [6.45, 7) is 5.38. The average molecular weight is 441 g/mol. The molecule has 0 aliphatic carbocycles. The van der Waals surface area contributed by atoms with E-state index in [-0.39, 0.29) is 31.9 Å². The van der Waals surface area contributed by atoms with E-state index in [1.54, 1.807) is 21.5 Å². The van der Waals surface area contributed by atoms with Crippen LogP contribution in [0, 0.1) is 0 Å². The molecule has 1 fully saturated rings. The first kappa shape index (κ1) is 27.0. The zero-order valence-corrected chi connectivity index (χ0v) is 18.2. The summed E-state index contributed by atoms with van der Waals surface area (Å²) in [5.41, 5.74) is -0.0161. The molecule has 0 unspecified atom stereocenters. The van der Waals surface area contributed by atoms with Crippen LogP contribution in [0.15, 0.2) is 0 Å². The molecule has 0 atom stereocenters. The minimum absolute atomic E-state index is 0.0161. The van der Waals surface area contributed by atoms with Crippen LogP contribution in [0.4, 0.5) is 0 Å². The molecule has 0 aromatic rings. The van der Waals surface area contributed by atoms with Crippen molar-refractivity contribution in [2.75, 3.05) is 78.5 Å². The Hall–Kier alpha value is -2.02. The zero-order chi connectivity index (χ0) is 23.2. The molecule has 0 aromatic heterocycles. The molecule has 0 spiro atoms. The highest BCUT2D eigenvalue weighted by atomic mass is 16.4. The van der Waals surface area contributed by atoms with Crippen LogP contribution >= 0.6 is 0 Å². The first-order valence-electron chi connectivity index (χ1n) is 10.6. The van der Waals surface area contributed by atoms with Gasteiger partial charge in [0.15, 0.2) is 0 Å². The third-order valence-corrected chi connectivity index (χ3v) is 5.14. The lowest BCUT2D eigenvalue weighted by Crippen LogP contribution is -2.45. The third-order valence-electron chi connectivity index (χ3n) is 5.14. The average Bonchev–Trinajstić information content (AvgIpc) is 2.67. The van der Waals surface area contributed by atoms with Gasteiger partial charge in [-0.25, -0.2) is 0 Å². The summed E-state index contributed by atoms with van der Waals surface area (Å²) in [6, 6.07) is 0. The molecular formula is C19H34BN4O7. The van der Waals surface area contributed by atoms with Crippen LogP contribution in [0.2, 0.25) is 6.82 Å². The Balaban J connectivity index is 2.90. The molecular weight excluding hydrogens is 407 g/mol. The first-order chi connectivity index (χ1) is 14.7. The molecule has 3 N–H and O–H groups in total. The summed E-state index contributed by atoms with van der Waals surface area (Å²) in [4.78, 5) is 52.8. The number of carbonyl (C=O) groups is 4. The Morgan fingerprint density at radius 1 is 0.581 bits per heavy atom. The standard InChI is InChI=1S/C19H34BN4O7/c1-20-16(25)12-21-4-2-5-23(14-18(28)29)10-11-24(15-19(30)31)7-3-6-22(9-8-21)13-17(26)27/h2-15H2,1H3,(H,26,27)(H,28,29)(H,30,31). The van der Waals surface area contributed by atoms with Gasteiger partial charge in [-0.2, -0.15) is 0 Å². The molecule has 11 nitrogen and oxygen atoms in total. The van der Waals surface area contributed by atoms with Crippen LogP contribution in [0.25, 0.3) is 0 Å². The van der Waals surface area contributed by atoms with E-state index in [1.807, 2.05) is 4.90 Å². The van der Waals surface area contributed by atoms with Crippen molar-refractivity contribution >= 4 is 30.9 Å². The van der Waals surface area contributed by atoms with Crippen molar-refractivity contribution in [3.63, 3.8) is 0 Å². The van der Waals surface area contributed by atoms with Crippen molar-refractivity contribution < 1.29 is 34.5 Å². The van der Waals surface area contributed by atoms with Crippen molar-refractivity contribution in [1.29, 1.82) is 0 Å². The fraction of sp³-hybridized carbons (Fsp3) is 0.789. The number of rotatable bonds is 9. The smallest absolute Gasteiger partial charge is 0.317 e. The number of hydrogen-bond acceptors (Lipinski definition) is 8. The molecule has 1 saturated heterocycles. The summed E-state index contributed by atoms with van der Waals surface area (Å²) >= 11 is 0. The van der Waals surface area contributed by atoms with Crippen molar-refractivity contribution in [3.8, 4) is 0 Å². The van der Waals surface area contributed by atoms with Crippen molar-refractivity contribution in [2.24, 2.45) is 0 Å². The highest BCUT2D eigenvalue weighted by Crippen LogP contribution is 2.03. The third kappa shape index (κ3) is 13.1. The normalized spacial score (nSPS) is 19.4. The van der Waals surface area contributed by atoms with Gasteiger partial charge >= 0.3 is 17.9 Å². The second kappa shape index (κ2) is 14.9. The Bertz CT molecular complexity index is 608. The lowest BCUT2D eigenvalue weighted by molar-refractivity contribution is -0.140. The quantitative estimate of drug-likeness (QED) is 0.361. The highest BCUT2D eigenvalue weighted by Gasteiger charge is 2.18. The summed E-state index contributed by atoms with van der Waals surface area (Å²) in [7, 11) is 1.51. The Labute approximate surface area is 183 Å². The molecule has 175 valence electrons. The fourth-order valence-electron chi connectivity index (χ4n) is 3.57. The van der Waals surface area contributed by atoms with Gasteiger partial charge in [0.1, 0.15) is 0 Å². The number of hydrogen-bond donors (Lipinski definition) is 3. The fourth-order valence-corrected chi connectivity index (χ4v) is 3.57. The molecule has 1 aliphatic rings. The Morgan fingerprint density at radius 2 is 0.871 bits per heavy atom. The molecule has 0 amide bonds. The van der Waals surface area contributed by atoms with E-state index in [0.29, 0.717) is 65.2 Å². The summed E-state index contributed by atoms with van der Waals surface area (Å²) in [5, 5.41) is 27.6. The van der Waals surface area contributed by atoms with Crippen LogP contribution in [0.3, 0.4) is 0 Å². The maximum Gasteiger partial charge on any atom is 0.317 e. The van der Waals surface area contributed by atoms with E-state index in [1.165, 1.54) is 7.28 Å². The molecule has 0 aromatic carbocycles. The first-order valence-corrected chi connectivity index (χ1v) is 10.6. The van der Waals surface area contributed by atoms with Crippen LogP contribution in [0.1, 0.15) is 12.8 Å². The molecule has 0 bridgehead atoms. The van der Waals surface area contributed by atoms with Gasteiger partial charge in [-0.15, -0.1) is 0 Å². The van der Waals surface area contributed by atoms with E-state index >= 15 is 0 Å². The molecule has 1 heterocycles. The predicted octanol–water partition coefficient (Wildman–Crippen LogP) is -1.48. The van der Waals surface area contributed by atoms with Gasteiger partial charge in [-0.1, -0.05) is 6.82 Å². The number of carboxylic acid groups (broad SMARTS) is 3. The minimum atomic E-state index is -0.957. The second-order valence-corrected chi connectivity index (χ2v) is 7.75. The van der Waals surface area contributed by atoms with Gasteiger partial charge < -0.3 is 20.1 Å². The maximum absolute atomic E-state index is 11.9. The van der Waals surface area contributed by atoms with Crippen molar-refractivity contribution in [3.05, 3.63) is 0 Å². The molecule has 31 heavy (non-hydrogen) atoms. The second-order valence-electron chi connectivity index (χ2n) is 7.75. The van der Waals surface area contributed by atoms with E-state index in [9.17, 15) is 29.4 Å². The van der Waals surface area contributed by atoms with Crippen LogP contribution in [-0.2, 0) is 19.2 Å². The Morgan fingerprint density at radius 3 is 1.13 bits per heavy atom. The van der Waals surface area contributed by atoms with E-state index in [4.69, 9.17) is 5.11 Å². The SMILES string of the molecule is C[B]C(=O)CN1CCCN(CC(=O)O)CCN(CC(=O)O)CCCN(CC(=O)O)CC1. The molecule has 12 heteroatoms. The largest absolute Gasteiger partial charge is 0.480 e. The van der Waals surface area contributed by atoms with Gasteiger partial charge in [0, 0.05) is 52.4 Å². The number of carbonyl (C=O) groups excluding carboxylic acids is 1. The molecule has 0 saturated carbocycles. The van der Waals surface area contributed by atoms with Gasteiger partial charge in [0.25, 0.3) is 0 Å². The van der Waals surface area contributed by atoms with Gasteiger partial charge in [0.2, 0.25) is 7.28 Å². The minimum Gasteiger partial charge on any atom is -0.480 e. The van der Waals surface area contributed by atoms with Crippen LogP contribution < -0.4 is 0 Å². The summed E-state index contributed by atoms with van der Waals surface area (Å²) in [6.07, 6.45) is 1.23. The summed E-state index contributed by atoms with van der Waals surface area (Å²) < 4.78 is 0. The monoisotopic (exact) mass is 441 g/mol. The van der Waals surface area contributed by atoms with Crippen LogP contribution in [0.5, 0.6) is 0 Å². The number of aliphatic carboxylic acids is 3. The lowest BCUT2D eigenvalue weighted by atomic mass is 9.76. The number of nitrogens with zero attached hydrogens (tertiary/aromatic N) is 4. The number of carboxylic acids is 3. The highest BCUT2D eigenvalue weighted by molar-refractivity contribution is 6.73.